The van der Waals surface area contributed by atoms with Crippen LogP contribution < -0.4 is 0 Å². The molecular weight excluding hydrogens is 190 g/mol. The zero-order chi connectivity index (χ0) is 10.5. The van der Waals surface area contributed by atoms with Gasteiger partial charge in [-0.05, 0) is 19.9 Å². The molecule has 0 aromatic carbocycles. The van der Waals surface area contributed by atoms with Crippen molar-refractivity contribution in [1.29, 1.82) is 10.5 Å². The molecule has 2 atom stereocenters. The average Bonchev–Trinajstić information content (AvgIpc) is 2.01. The smallest absolute Gasteiger partial charge is 0.270 e. The van der Waals surface area contributed by atoms with Crippen molar-refractivity contribution in [1.82, 2.24) is 0 Å². The molecule has 0 amide bonds. The normalized spacial score (nSPS) is 15.5. The van der Waals surface area contributed by atoms with Gasteiger partial charge in [-0.15, -0.1) is 0 Å². The van der Waals surface area contributed by atoms with E-state index in [9.17, 15) is 8.22 Å². The van der Waals surface area contributed by atoms with E-state index in [1.54, 1.807) is 13.0 Å². The van der Waals surface area contributed by atoms with Gasteiger partial charge in [-0.3, -0.25) is 8.22 Å². The Morgan fingerprint density at radius 2 is 1.92 bits per heavy atom. The Balaban J connectivity index is 4.30. The third-order valence-electron chi connectivity index (χ3n) is 1.91. The Labute approximate surface area is 78.1 Å². The number of halogens is 2. The molecule has 0 saturated heterocycles. The van der Waals surface area contributed by atoms with Crippen LogP contribution >= 0.6 is 0 Å². The second-order valence-corrected chi connectivity index (χ2v) is 6.01. The van der Waals surface area contributed by atoms with Gasteiger partial charge >= 0.3 is 8.74 Å². The second-order valence-electron chi connectivity index (χ2n) is 3.28. The van der Waals surface area contributed by atoms with E-state index in [1.165, 1.54) is 0 Å². The molecule has 0 saturated carbocycles. The van der Waals surface area contributed by atoms with Crippen LogP contribution in [0.2, 0.25) is 12.1 Å². The molecule has 0 aromatic rings. The van der Waals surface area contributed by atoms with E-state index in [-0.39, 0.29) is 12.8 Å². The quantitative estimate of drug-likeness (QED) is 0.520. The Hall–Kier alpha value is -0.943. The fraction of sp³-hybridized carbons (Fsp3) is 0.750. The van der Waals surface area contributed by atoms with Crippen molar-refractivity contribution in [3.8, 4) is 12.1 Å². The monoisotopic (exact) mass is 202 g/mol. The van der Waals surface area contributed by atoms with Crippen LogP contribution in [0.4, 0.5) is 8.22 Å². The molecule has 0 aromatic heterocycles. The highest BCUT2D eigenvalue weighted by Crippen LogP contribution is 2.33. The van der Waals surface area contributed by atoms with E-state index in [1.807, 2.05) is 6.07 Å². The highest BCUT2D eigenvalue weighted by molar-refractivity contribution is 6.66. The lowest BCUT2D eigenvalue weighted by atomic mass is 10.1. The van der Waals surface area contributed by atoms with Crippen molar-refractivity contribution in [2.45, 2.75) is 31.9 Å². The molecule has 0 bridgehead atoms. The molecule has 0 rings (SSSR count). The van der Waals surface area contributed by atoms with Crippen LogP contribution in [-0.4, -0.2) is 8.74 Å². The fourth-order valence-corrected chi connectivity index (χ4v) is 2.28. The van der Waals surface area contributed by atoms with Crippen molar-refractivity contribution in [3.05, 3.63) is 0 Å². The third kappa shape index (κ3) is 4.59. The molecule has 0 fully saturated rings. The van der Waals surface area contributed by atoms with Gasteiger partial charge in [0, 0.05) is 17.9 Å². The van der Waals surface area contributed by atoms with Crippen LogP contribution in [0.15, 0.2) is 0 Å². The first-order valence-corrected chi connectivity index (χ1v) is 6.39. The summed E-state index contributed by atoms with van der Waals surface area (Å²) in [6.45, 7) is 2.53. The Morgan fingerprint density at radius 1 is 1.38 bits per heavy atom. The first-order chi connectivity index (χ1) is 5.91. The van der Waals surface area contributed by atoms with E-state index in [2.05, 4.69) is 0 Å². The lowest BCUT2D eigenvalue weighted by molar-refractivity contribution is 0.506. The average molecular weight is 202 g/mol. The number of rotatable bonds is 4. The molecule has 0 N–H and O–H groups in total. The van der Waals surface area contributed by atoms with Gasteiger partial charge in [-0.2, -0.15) is 10.5 Å². The SMILES string of the molecule is CC(C#N)CC(CC#N)[Si](C)(F)F. The lowest BCUT2D eigenvalue weighted by Crippen LogP contribution is -2.26. The highest BCUT2D eigenvalue weighted by Gasteiger charge is 2.39. The van der Waals surface area contributed by atoms with Crippen LogP contribution in [0.1, 0.15) is 19.8 Å². The van der Waals surface area contributed by atoms with Gasteiger partial charge in [0.05, 0.1) is 12.1 Å². The number of hydrogen-bond donors (Lipinski definition) is 0. The Bertz CT molecular complexity index is 236. The minimum atomic E-state index is -4.26. The highest BCUT2D eigenvalue weighted by atomic mass is 28.4. The van der Waals surface area contributed by atoms with Crippen molar-refractivity contribution in [2.24, 2.45) is 5.92 Å². The van der Waals surface area contributed by atoms with Gasteiger partial charge in [0.15, 0.2) is 0 Å². The number of hydrogen-bond acceptors (Lipinski definition) is 2. The summed E-state index contributed by atoms with van der Waals surface area (Å²) in [7, 11) is -4.26. The summed E-state index contributed by atoms with van der Waals surface area (Å²) in [5, 5.41) is 16.8. The maximum Gasteiger partial charge on any atom is 0.426 e. The molecule has 72 valence electrons. The summed E-state index contributed by atoms with van der Waals surface area (Å²) in [6, 6.07) is 3.65. The first-order valence-electron chi connectivity index (χ1n) is 4.06. The minimum Gasteiger partial charge on any atom is -0.270 e. The molecule has 0 heterocycles. The summed E-state index contributed by atoms with van der Waals surface area (Å²) in [5.41, 5.74) is -0.868. The first kappa shape index (κ1) is 12.1. The standard InChI is InChI=1S/C8H12F2N2Si/c1-7(6-12)5-8(3-4-11)13(2,9)10/h7-8H,3,5H2,1-2H3. The van der Waals surface area contributed by atoms with Gasteiger partial charge in [-0.25, -0.2) is 0 Å². The molecule has 0 spiro atoms. The van der Waals surface area contributed by atoms with E-state index in [0.717, 1.165) is 6.55 Å². The molecule has 0 aliphatic rings. The van der Waals surface area contributed by atoms with E-state index in [4.69, 9.17) is 10.5 Å². The number of nitriles is 2. The lowest BCUT2D eigenvalue weighted by Gasteiger charge is -2.18. The summed E-state index contributed by atoms with van der Waals surface area (Å²) < 4.78 is 25.9. The molecule has 0 radical (unpaired) electrons. The van der Waals surface area contributed by atoms with E-state index < -0.39 is 20.2 Å². The van der Waals surface area contributed by atoms with Crippen LogP contribution in [0.5, 0.6) is 0 Å². The van der Waals surface area contributed by atoms with Gasteiger partial charge in [0.1, 0.15) is 0 Å². The Kier molecular flexibility index (Phi) is 4.57. The van der Waals surface area contributed by atoms with Gasteiger partial charge in [0.2, 0.25) is 0 Å². The fourth-order valence-electron chi connectivity index (χ4n) is 1.06. The van der Waals surface area contributed by atoms with E-state index >= 15 is 0 Å². The molecule has 0 aliphatic carbocycles. The van der Waals surface area contributed by atoms with Crippen molar-refractivity contribution >= 4 is 8.74 Å². The summed E-state index contributed by atoms with van der Waals surface area (Å²) in [4.78, 5) is 0. The summed E-state index contributed by atoms with van der Waals surface area (Å²) in [5.74, 6) is -0.392. The minimum absolute atomic E-state index is 0.137. The van der Waals surface area contributed by atoms with Crippen LogP contribution in [0.25, 0.3) is 0 Å². The predicted molar refractivity (Wildman–Crippen MR) is 47.2 cm³/mol. The zero-order valence-electron chi connectivity index (χ0n) is 7.72. The number of nitrogens with zero attached hydrogens (tertiary/aromatic N) is 2. The van der Waals surface area contributed by atoms with Gasteiger partial charge in [0.25, 0.3) is 0 Å². The van der Waals surface area contributed by atoms with Gasteiger partial charge < -0.3 is 0 Å². The zero-order valence-corrected chi connectivity index (χ0v) is 8.72. The molecule has 5 heteroatoms. The van der Waals surface area contributed by atoms with E-state index in [0.29, 0.717) is 0 Å². The molecule has 2 nitrogen and oxygen atoms in total. The maximum atomic E-state index is 12.9. The molecule has 0 aliphatic heterocycles. The van der Waals surface area contributed by atoms with Crippen molar-refractivity contribution in [2.75, 3.05) is 0 Å². The van der Waals surface area contributed by atoms with Gasteiger partial charge in [-0.1, -0.05) is 0 Å². The molecule has 2 unspecified atom stereocenters. The van der Waals surface area contributed by atoms with Crippen LogP contribution in [-0.2, 0) is 0 Å². The maximum absolute atomic E-state index is 12.9. The third-order valence-corrected chi connectivity index (χ3v) is 3.79. The second kappa shape index (κ2) is 4.93. The van der Waals surface area contributed by atoms with Crippen molar-refractivity contribution in [3.63, 3.8) is 0 Å². The summed E-state index contributed by atoms with van der Waals surface area (Å²) in [6.07, 6.45) is 0.00151. The predicted octanol–water partition coefficient (Wildman–Crippen LogP) is 2.83. The van der Waals surface area contributed by atoms with Crippen molar-refractivity contribution < 1.29 is 8.22 Å². The van der Waals surface area contributed by atoms with Crippen LogP contribution in [0.3, 0.4) is 0 Å². The topological polar surface area (TPSA) is 47.6 Å². The molecule has 13 heavy (non-hydrogen) atoms. The largest absolute Gasteiger partial charge is 0.426 e. The molecular formula is C8H12F2N2Si. The summed E-state index contributed by atoms with van der Waals surface area (Å²) >= 11 is 0. The Morgan fingerprint density at radius 3 is 2.23 bits per heavy atom. The van der Waals surface area contributed by atoms with Crippen LogP contribution in [0, 0.1) is 28.6 Å².